The number of hydrogen-bond acceptors (Lipinski definition) is 4. The summed E-state index contributed by atoms with van der Waals surface area (Å²) < 4.78 is 6.18. The standard InChI is InChI=1S/C18H24N2O3S/c21-16(19-11-13-1-2-13)15-3-5-18(23-15)6-8-20(9-7-18)17(22)14-4-10-24-12-14/h4,10,12-13,15H,1-3,5-9,11H2,(H,19,21)/t15-/m1/s1. The largest absolute Gasteiger partial charge is 0.362 e. The second kappa shape index (κ2) is 6.48. The normalized spacial score (nSPS) is 25.8. The molecule has 1 spiro atoms. The molecule has 3 heterocycles. The Morgan fingerprint density at radius 1 is 1.25 bits per heavy atom. The summed E-state index contributed by atoms with van der Waals surface area (Å²) in [5.41, 5.74) is 0.577. The predicted octanol–water partition coefficient (Wildman–Crippen LogP) is 2.43. The van der Waals surface area contributed by atoms with Crippen molar-refractivity contribution in [2.75, 3.05) is 19.6 Å². The van der Waals surface area contributed by atoms with Crippen molar-refractivity contribution >= 4 is 23.2 Å². The van der Waals surface area contributed by atoms with Gasteiger partial charge >= 0.3 is 0 Å². The molecule has 130 valence electrons. The lowest BCUT2D eigenvalue weighted by molar-refractivity contribution is -0.140. The summed E-state index contributed by atoms with van der Waals surface area (Å²) in [5.74, 6) is 0.856. The van der Waals surface area contributed by atoms with E-state index in [9.17, 15) is 9.59 Å². The van der Waals surface area contributed by atoms with E-state index in [-0.39, 0.29) is 23.5 Å². The Balaban J connectivity index is 1.29. The molecule has 1 aromatic heterocycles. The van der Waals surface area contributed by atoms with Crippen LogP contribution in [0.3, 0.4) is 0 Å². The highest BCUT2D eigenvalue weighted by Gasteiger charge is 2.45. The smallest absolute Gasteiger partial charge is 0.254 e. The van der Waals surface area contributed by atoms with Crippen molar-refractivity contribution < 1.29 is 14.3 Å². The van der Waals surface area contributed by atoms with Crippen LogP contribution in [0.4, 0.5) is 0 Å². The molecule has 0 aromatic carbocycles. The third-order valence-electron chi connectivity index (χ3n) is 5.54. The zero-order chi connectivity index (χ0) is 16.6. The lowest BCUT2D eigenvalue weighted by atomic mass is 9.88. The molecule has 1 aromatic rings. The summed E-state index contributed by atoms with van der Waals surface area (Å²) in [5, 5.41) is 6.86. The van der Waals surface area contributed by atoms with Gasteiger partial charge in [0.1, 0.15) is 6.10 Å². The average molecular weight is 348 g/mol. The maximum atomic E-state index is 12.4. The number of carbonyl (C=O) groups is 2. The van der Waals surface area contributed by atoms with Gasteiger partial charge < -0.3 is 15.0 Å². The molecular weight excluding hydrogens is 324 g/mol. The third kappa shape index (κ3) is 3.35. The van der Waals surface area contributed by atoms with Crippen LogP contribution in [-0.4, -0.2) is 48.1 Å². The number of amides is 2. The Labute approximate surface area is 146 Å². The van der Waals surface area contributed by atoms with Gasteiger partial charge in [0.2, 0.25) is 5.91 Å². The summed E-state index contributed by atoms with van der Waals surface area (Å²) in [6.07, 6.45) is 5.56. The van der Waals surface area contributed by atoms with E-state index >= 15 is 0 Å². The van der Waals surface area contributed by atoms with Gasteiger partial charge in [-0.05, 0) is 55.9 Å². The molecule has 0 radical (unpaired) electrons. The molecule has 2 amide bonds. The minimum absolute atomic E-state index is 0.0514. The van der Waals surface area contributed by atoms with Crippen LogP contribution in [0.1, 0.15) is 48.9 Å². The number of carbonyl (C=O) groups excluding carboxylic acids is 2. The topological polar surface area (TPSA) is 58.6 Å². The molecule has 4 rings (SSSR count). The predicted molar refractivity (Wildman–Crippen MR) is 92.0 cm³/mol. The van der Waals surface area contributed by atoms with E-state index in [0.29, 0.717) is 19.0 Å². The maximum absolute atomic E-state index is 12.4. The van der Waals surface area contributed by atoms with Crippen LogP contribution < -0.4 is 5.32 Å². The summed E-state index contributed by atoms with van der Waals surface area (Å²) in [6.45, 7) is 2.23. The zero-order valence-corrected chi connectivity index (χ0v) is 14.6. The number of likely N-dealkylation sites (tertiary alicyclic amines) is 1. The van der Waals surface area contributed by atoms with Crippen LogP contribution in [0.2, 0.25) is 0 Å². The van der Waals surface area contributed by atoms with Crippen molar-refractivity contribution in [1.82, 2.24) is 10.2 Å². The highest BCUT2D eigenvalue weighted by molar-refractivity contribution is 7.08. The van der Waals surface area contributed by atoms with E-state index in [4.69, 9.17) is 4.74 Å². The van der Waals surface area contributed by atoms with Gasteiger partial charge in [-0.3, -0.25) is 9.59 Å². The number of piperidine rings is 1. The van der Waals surface area contributed by atoms with E-state index in [0.717, 1.165) is 37.8 Å². The number of nitrogens with zero attached hydrogens (tertiary/aromatic N) is 1. The molecule has 1 atom stereocenters. The van der Waals surface area contributed by atoms with Gasteiger partial charge in [0.15, 0.2) is 0 Å². The number of rotatable bonds is 4. The SMILES string of the molecule is O=C(NCC1CC1)[C@H]1CCC2(CCN(C(=O)c3ccsc3)CC2)O1. The van der Waals surface area contributed by atoms with Crippen LogP contribution in [-0.2, 0) is 9.53 Å². The molecule has 0 bridgehead atoms. The van der Waals surface area contributed by atoms with Gasteiger partial charge in [0, 0.05) is 25.0 Å². The molecule has 3 fully saturated rings. The first kappa shape index (κ1) is 16.1. The van der Waals surface area contributed by atoms with Gasteiger partial charge in [-0.1, -0.05) is 0 Å². The first-order chi connectivity index (χ1) is 11.7. The van der Waals surface area contributed by atoms with Crippen LogP contribution in [0, 0.1) is 5.92 Å². The fraction of sp³-hybridized carbons (Fsp3) is 0.667. The molecule has 2 aliphatic heterocycles. The minimum Gasteiger partial charge on any atom is -0.362 e. The van der Waals surface area contributed by atoms with E-state index in [1.807, 2.05) is 21.7 Å². The van der Waals surface area contributed by atoms with Crippen molar-refractivity contribution in [2.45, 2.75) is 50.2 Å². The molecule has 3 aliphatic rings. The number of thiophene rings is 1. The monoisotopic (exact) mass is 348 g/mol. The van der Waals surface area contributed by atoms with E-state index < -0.39 is 0 Å². The molecule has 6 heteroatoms. The average Bonchev–Trinajstić information content (AvgIpc) is 3.09. The van der Waals surface area contributed by atoms with Crippen molar-refractivity contribution in [2.24, 2.45) is 5.92 Å². The van der Waals surface area contributed by atoms with Gasteiger partial charge in [0.25, 0.3) is 5.91 Å². The Bertz CT molecular complexity index is 604. The third-order valence-corrected chi connectivity index (χ3v) is 6.22. The van der Waals surface area contributed by atoms with Crippen LogP contribution in [0.5, 0.6) is 0 Å². The summed E-state index contributed by atoms with van der Waals surface area (Å²) in [7, 11) is 0. The summed E-state index contributed by atoms with van der Waals surface area (Å²) in [4.78, 5) is 26.6. The molecule has 5 nitrogen and oxygen atoms in total. The zero-order valence-electron chi connectivity index (χ0n) is 13.8. The van der Waals surface area contributed by atoms with Crippen LogP contribution >= 0.6 is 11.3 Å². The van der Waals surface area contributed by atoms with E-state index in [1.54, 1.807) is 11.3 Å². The van der Waals surface area contributed by atoms with Gasteiger partial charge in [-0.15, -0.1) is 0 Å². The number of hydrogen-bond donors (Lipinski definition) is 1. The van der Waals surface area contributed by atoms with E-state index in [1.165, 1.54) is 12.8 Å². The molecule has 1 N–H and O–H groups in total. The number of nitrogens with one attached hydrogen (secondary N) is 1. The fourth-order valence-corrected chi connectivity index (χ4v) is 4.36. The van der Waals surface area contributed by atoms with Gasteiger partial charge in [-0.2, -0.15) is 11.3 Å². The Morgan fingerprint density at radius 2 is 2.04 bits per heavy atom. The van der Waals surface area contributed by atoms with Crippen molar-refractivity contribution in [3.05, 3.63) is 22.4 Å². The van der Waals surface area contributed by atoms with Crippen molar-refractivity contribution in [3.8, 4) is 0 Å². The van der Waals surface area contributed by atoms with Crippen molar-refractivity contribution in [3.63, 3.8) is 0 Å². The Morgan fingerprint density at radius 3 is 2.71 bits per heavy atom. The maximum Gasteiger partial charge on any atom is 0.254 e. The molecule has 1 aliphatic carbocycles. The first-order valence-electron chi connectivity index (χ1n) is 8.92. The quantitative estimate of drug-likeness (QED) is 0.909. The lowest BCUT2D eigenvalue weighted by Gasteiger charge is -2.39. The Kier molecular flexibility index (Phi) is 4.35. The minimum atomic E-state index is -0.303. The van der Waals surface area contributed by atoms with Gasteiger partial charge in [-0.25, -0.2) is 0 Å². The molecular formula is C18H24N2O3S. The van der Waals surface area contributed by atoms with Crippen molar-refractivity contribution in [1.29, 1.82) is 0 Å². The number of ether oxygens (including phenoxy) is 1. The highest BCUT2D eigenvalue weighted by atomic mass is 32.1. The second-order valence-electron chi connectivity index (χ2n) is 7.32. The van der Waals surface area contributed by atoms with Crippen LogP contribution in [0.25, 0.3) is 0 Å². The van der Waals surface area contributed by atoms with Gasteiger partial charge in [0.05, 0.1) is 11.2 Å². The lowest BCUT2D eigenvalue weighted by Crippen LogP contribution is -2.47. The summed E-state index contributed by atoms with van der Waals surface area (Å²) in [6, 6.07) is 1.88. The Hall–Kier alpha value is -1.40. The summed E-state index contributed by atoms with van der Waals surface area (Å²) >= 11 is 1.55. The van der Waals surface area contributed by atoms with E-state index in [2.05, 4.69) is 5.32 Å². The molecule has 0 unspecified atom stereocenters. The molecule has 1 saturated carbocycles. The highest BCUT2D eigenvalue weighted by Crippen LogP contribution is 2.39. The first-order valence-corrected chi connectivity index (χ1v) is 9.86. The fourth-order valence-electron chi connectivity index (χ4n) is 3.73. The molecule has 2 saturated heterocycles. The second-order valence-corrected chi connectivity index (χ2v) is 8.10. The molecule has 24 heavy (non-hydrogen) atoms. The van der Waals surface area contributed by atoms with Crippen LogP contribution in [0.15, 0.2) is 16.8 Å².